The van der Waals surface area contributed by atoms with Gasteiger partial charge in [0.2, 0.25) is 0 Å². The lowest BCUT2D eigenvalue weighted by Gasteiger charge is -2.29. The molecule has 0 radical (unpaired) electrons. The summed E-state index contributed by atoms with van der Waals surface area (Å²) in [6.45, 7) is 10.2. The maximum Gasteiger partial charge on any atom is 0.255 e. The first kappa shape index (κ1) is 18.3. The van der Waals surface area contributed by atoms with E-state index in [1.807, 2.05) is 38.2 Å². The van der Waals surface area contributed by atoms with E-state index in [0.29, 0.717) is 13.1 Å². The first-order valence-electron chi connectivity index (χ1n) is 8.41. The van der Waals surface area contributed by atoms with Crippen molar-refractivity contribution in [1.29, 1.82) is 0 Å². The molecule has 130 valence electrons. The van der Waals surface area contributed by atoms with Crippen molar-refractivity contribution in [2.24, 2.45) is 11.1 Å². The van der Waals surface area contributed by atoms with E-state index in [9.17, 15) is 4.79 Å². The van der Waals surface area contributed by atoms with Crippen molar-refractivity contribution < 1.29 is 4.79 Å². The van der Waals surface area contributed by atoms with E-state index in [-0.39, 0.29) is 11.3 Å². The molecule has 0 atom stereocenters. The zero-order valence-corrected chi connectivity index (χ0v) is 15.5. The zero-order chi connectivity index (χ0) is 17.9. The van der Waals surface area contributed by atoms with Crippen molar-refractivity contribution in [1.82, 2.24) is 9.47 Å². The number of benzene rings is 1. The molecule has 0 unspecified atom stereocenters. The Hall–Kier alpha value is -2.07. The van der Waals surface area contributed by atoms with Gasteiger partial charge in [-0.2, -0.15) is 0 Å². The number of hydrogen-bond acceptors (Lipinski definition) is 2. The van der Waals surface area contributed by atoms with Gasteiger partial charge in [-0.1, -0.05) is 44.2 Å². The fourth-order valence-electron chi connectivity index (χ4n) is 3.01. The van der Waals surface area contributed by atoms with Crippen LogP contribution in [-0.4, -0.2) is 35.5 Å². The lowest BCUT2D eigenvalue weighted by atomic mass is 9.93. The van der Waals surface area contributed by atoms with Crippen LogP contribution in [0, 0.1) is 19.3 Å². The predicted molar refractivity (Wildman–Crippen MR) is 99.2 cm³/mol. The third-order valence-electron chi connectivity index (χ3n) is 4.55. The topological polar surface area (TPSA) is 51.3 Å². The van der Waals surface area contributed by atoms with Gasteiger partial charge in [0.15, 0.2) is 0 Å². The molecular formula is C20H29N3O. The van der Waals surface area contributed by atoms with Gasteiger partial charge in [-0.05, 0) is 37.4 Å². The zero-order valence-electron chi connectivity index (χ0n) is 15.5. The third kappa shape index (κ3) is 4.06. The van der Waals surface area contributed by atoms with Crippen LogP contribution in [0.1, 0.15) is 41.2 Å². The number of amides is 1. The van der Waals surface area contributed by atoms with Crippen LogP contribution < -0.4 is 5.73 Å². The predicted octanol–water partition coefficient (Wildman–Crippen LogP) is 3.21. The number of rotatable bonds is 6. The summed E-state index contributed by atoms with van der Waals surface area (Å²) in [5, 5.41) is 0. The molecule has 2 rings (SSSR count). The van der Waals surface area contributed by atoms with E-state index in [1.54, 1.807) is 4.90 Å². The van der Waals surface area contributed by atoms with E-state index in [2.05, 4.69) is 37.5 Å². The molecule has 24 heavy (non-hydrogen) atoms. The lowest BCUT2D eigenvalue weighted by molar-refractivity contribution is 0.0739. The van der Waals surface area contributed by atoms with Crippen LogP contribution in [0.2, 0.25) is 0 Å². The van der Waals surface area contributed by atoms with Gasteiger partial charge >= 0.3 is 0 Å². The fraction of sp³-hybridized carbons (Fsp3) is 0.450. The van der Waals surface area contributed by atoms with Gasteiger partial charge in [0, 0.05) is 31.5 Å². The molecule has 1 heterocycles. The Morgan fingerprint density at radius 1 is 1.21 bits per heavy atom. The van der Waals surface area contributed by atoms with Gasteiger partial charge in [-0.3, -0.25) is 4.79 Å². The monoisotopic (exact) mass is 327 g/mol. The minimum absolute atomic E-state index is 0.0592. The second-order valence-corrected chi connectivity index (χ2v) is 7.39. The van der Waals surface area contributed by atoms with Crippen molar-refractivity contribution in [3.8, 4) is 0 Å². The lowest BCUT2D eigenvalue weighted by Crippen LogP contribution is -2.39. The smallest absolute Gasteiger partial charge is 0.255 e. The van der Waals surface area contributed by atoms with E-state index in [0.717, 1.165) is 23.5 Å². The number of nitrogens with two attached hydrogens (primary N) is 1. The Balaban J connectivity index is 2.23. The largest absolute Gasteiger partial charge is 0.344 e. The fourth-order valence-corrected chi connectivity index (χ4v) is 3.01. The summed E-state index contributed by atoms with van der Waals surface area (Å²) in [6.07, 6.45) is 0. The Morgan fingerprint density at radius 3 is 2.42 bits per heavy atom. The molecule has 0 bridgehead atoms. The molecule has 1 aromatic heterocycles. The molecule has 2 aromatic rings. The maximum atomic E-state index is 12.8. The van der Waals surface area contributed by atoms with Crippen LogP contribution in [0.25, 0.3) is 0 Å². The number of hydrogen-bond donors (Lipinski definition) is 1. The van der Waals surface area contributed by atoms with Crippen molar-refractivity contribution in [3.63, 3.8) is 0 Å². The molecule has 0 aliphatic carbocycles. The summed E-state index contributed by atoms with van der Waals surface area (Å²) in [5.74, 6) is 0.0592. The number of aromatic nitrogens is 1. The second kappa shape index (κ2) is 7.22. The number of carbonyl (C=O) groups excluding carboxylic acids is 1. The standard InChI is InChI=1S/C20H29N3O/c1-15-11-18(19(24)22(5)14-20(3,4)13-21)16(2)23(15)12-17-9-7-6-8-10-17/h6-11H,12-14,21H2,1-5H3. The highest BCUT2D eigenvalue weighted by Gasteiger charge is 2.24. The van der Waals surface area contributed by atoms with Crippen molar-refractivity contribution in [3.05, 3.63) is 58.9 Å². The van der Waals surface area contributed by atoms with Crippen LogP contribution in [0.5, 0.6) is 0 Å². The van der Waals surface area contributed by atoms with E-state index >= 15 is 0 Å². The van der Waals surface area contributed by atoms with E-state index in [4.69, 9.17) is 5.73 Å². The summed E-state index contributed by atoms with van der Waals surface area (Å²) in [7, 11) is 1.85. The van der Waals surface area contributed by atoms with Gasteiger partial charge in [0.25, 0.3) is 5.91 Å². The van der Waals surface area contributed by atoms with Crippen molar-refractivity contribution in [2.75, 3.05) is 20.1 Å². The van der Waals surface area contributed by atoms with Gasteiger partial charge < -0.3 is 15.2 Å². The highest BCUT2D eigenvalue weighted by Crippen LogP contribution is 2.21. The number of carbonyl (C=O) groups is 1. The molecule has 0 aliphatic rings. The van der Waals surface area contributed by atoms with E-state index < -0.39 is 0 Å². The average Bonchev–Trinajstić information content (AvgIpc) is 2.83. The number of nitrogens with zero attached hydrogens (tertiary/aromatic N) is 2. The van der Waals surface area contributed by atoms with Gasteiger partial charge in [-0.15, -0.1) is 0 Å². The van der Waals surface area contributed by atoms with Crippen LogP contribution in [0.4, 0.5) is 0 Å². The van der Waals surface area contributed by atoms with E-state index in [1.165, 1.54) is 5.56 Å². The number of aryl methyl sites for hydroxylation is 1. The van der Waals surface area contributed by atoms with Crippen LogP contribution in [-0.2, 0) is 6.54 Å². The summed E-state index contributed by atoms with van der Waals surface area (Å²) in [5.41, 5.74) is 9.84. The van der Waals surface area contributed by atoms with Crippen LogP contribution in [0.15, 0.2) is 36.4 Å². The maximum absolute atomic E-state index is 12.8. The Morgan fingerprint density at radius 2 is 1.83 bits per heavy atom. The molecule has 0 fully saturated rings. The summed E-state index contributed by atoms with van der Waals surface area (Å²) >= 11 is 0. The van der Waals surface area contributed by atoms with Gasteiger partial charge in [-0.25, -0.2) is 0 Å². The van der Waals surface area contributed by atoms with Crippen LogP contribution >= 0.6 is 0 Å². The molecule has 2 N–H and O–H groups in total. The minimum Gasteiger partial charge on any atom is -0.344 e. The minimum atomic E-state index is -0.0834. The first-order valence-corrected chi connectivity index (χ1v) is 8.41. The molecule has 4 nitrogen and oxygen atoms in total. The molecule has 0 spiro atoms. The molecular weight excluding hydrogens is 298 g/mol. The molecule has 0 aliphatic heterocycles. The third-order valence-corrected chi connectivity index (χ3v) is 4.55. The summed E-state index contributed by atoms with van der Waals surface area (Å²) in [4.78, 5) is 14.6. The van der Waals surface area contributed by atoms with Crippen LogP contribution in [0.3, 0.4) is 0 Å². The van der Waals surface area contributed by atoms with Gasteiger partial charge in [0.1, 0.15) is 0 Å². The summed E-state index contributed by atoms with van der Waals surface area (Å²) < 4.78 is 2.20. The first-order chi connectivity index (χ1) is 11.2. The SMILES string of the molecule is Cc1cc(C(=O)N(C)CC(C)(C)CN)c(C)n1Cc1ccccc1. The Bertz CT molecular complexity index is 701. The normalized spacial score (nSPS) is 11.6. The molecule has 4 heteroatoms. The highest BCUT2D eigenvalue weighted by atomic mass is 16.2. The highest BCUT2D eigenvalue weighted by molar-refractivity contribution is 5.95. The Kier molecular flexibility index (Phi) is 5.50. The second-order valence-electron chi connectivity index (χ2n) is 7.39. The molecule has 1 amide bonds. The molecule has 0 saturated carbocycles. The quantitative estimate of drug-likeness (QED) is 0.886. The summed E-state index contributed by atoms with van der Waals surface area (Å²) in [6, 6.07) is 12.3. The molecule has 0 saturated heterocycles. The Labute approximate surface area is 145 Å². The molecule has 1 aromatic carbocycles. The van der Waals surface area contributed by atoms with Gasteiger partial charge in [0.05, 0.1) is 5.56 Å². The average molecular weight is 327 g/mol. The van der Waals surface area contributed by atoms with Crippen molar-refractivity contribution >= 4 is 5.91 Å². The van der Waals surface area contributed by atoms with Crippen molar-refractivity contribution in [2.45, 2.75) is 34.2 Å².